The van der Waals surface area contributed by atoms with Crippen LogP contribution in [0.15, 0.2) is 38.3 Å². The molecular formula is C29H32N2O6. The summed E-state index contributed by atoms with van der Waals surface area (Å²) in [5, 5.41) is 0.718. The number of fused-ring (bicyclic) bond motifs is 7. The highest BCUT2D eigenvalue weighted by atomic mass is 16.5. The average Bonchev–Trinajstić information content (AvgIpc) is 2.85. The van der Waals surface area contributed by atoms with E-state index in [2.05, 4.69) is 0 Å². The lowest BCUT2D eigenvalue weighted by Crippen LogP contribution is -2.49. The predicted molar refractivity (Wildman–Crippen MR) is 139 cm³/mol. The van der Waals surface area contributed by atoms with Gasteiger partial charge >= 0.3 is 5.63 Å². The Morgan fingerprint density at radius 2 is 2.00 bits per heavy atom. The van der Waals surface area contributed by atoms with E-state index in [9.17, 15) is 14.4 Å². The number of benzene rings is 1. The fraction of sp³-hybridized carbons (Fsp3) is 0.483. The topological polar surface area (TPSA) is 91.0 Å². The maximum absolute atomic E-state index is 13.5. The standard InChI is InChI=1S/C29H32N2O6/c1-16-20(11-25(33)30-13-17-10-18(15-30)21-6-5-7-24(32)31(21)14-17)28(34)36-27-19-8-9-29(2,3)37-22(19)12-23(35-4)26(16)27/h5-7,12,17-18H,8-11,13-15H2,1-4H3/t17-,18-/m0/s1. The van der Waals surface area contributed by atoms with Gasteiger partial charge in [-0.25, -0.2) is 4.79 Å². The number of nitrogens with zero attached hydrogens (tertiary/aromatic N) is 2. The highest BCUT2D eigenvalue weighted by Crippen LogP contribution is 2.43. The Morgan fingerprint density at radius 3 is 2.78 bits per heavy atom. The van der Waals surface area contributed by atoms with Crippen LogP contribution in [-0.4, -0.2) is 41.2 Å². The third kappa shape index (κ3) is 3.93. The van der Waals surface area contributed by atoms with Crippen molar-refractivity contribution in [3.63, 3.8) is 0 Å². The van der Waals surface area contributed by atoms with Gasteiger partial charge in [0.1, 0.15) is 22.7 Å². The molecule has 0 saturated carbocycles. The van der Waals surface area contributed by atoms with Gasteiger partial charge in [0.2, 0.25) is 5.91 Å². The summed E-state index contributed by atoms with van der Waals surface area (Å²) in [6, 6.07) is 7.23. The summed E-state index contributed by atoms with van der Waals surface area (Å²) in [4.78, 5) is 40.9. The third-order valence-electron chi connectivity index (χ3n) is 8.32. The number of hydrogen-bond donors (Lipinski definition) is 0. The van der Waals surface area contributed by atoms with E-state index in [1.54, 1.807) is 19.2 Å². The Morgan fingerprint density at radius 1 is 1.19 bits per heavy atom. The second-order valence-corrected chi connectivity index (χ2v) is 11.3. The third-order valence-corrected chi connectivity index (χ3v) is 8.32. The summed E-state index contributed by atoms with van der Waals surface area (Å²) in [6.07, 6.45) is 2.46. The number of pyridine rings is 1. The molecule has 3 aromatic rings. The average molecular weight is 505 g/mol. The molecule has 8 nitrogen and oxygen atoms in total. The Kier molecular flexibility index (Phi) is 5.47. The molecular weight excluding hydrogens is 472 g/mol. The summed E-state index contributed by atoms with van der Waals surface area (Å²) in [5.41, 5.74) is 2.62. The minimum atomic E-state index is -0.493. The van der Waals surface area contributed by atoms with Gasteiger partial charge in [-0.3, -0.25) is 9.59 Å². The van der Waals surface area contributed by atoms with Crippen molar-refractivity contribution in [1.82, 2.24) is 9.47 Å². The smallest absolute Gasteiger partial charge is 0.340 e. The summed E-state index contributed by atoms with van der Waals surface area (Å²) in [5.74, 6) is 1.48. The van der Waals surface area contributed by atoms with E-state index in [0.29, 0.717) is 47.8 Å². The summed E-state index contributed by atoms with van der Waals surface area (Å²) in [6.45, 7) is 7.67. The van der Waals surface area contributed by atoms with E-state index in [1.165, 1.54) is 0 Å². The van der Waals surface area contributed by atoms with Crippen LogP contribution < -0.4 is 20.7 Å². The van der Waals surface area contributed by atoms with Gasteiger partial charge in [0.15, 0.2) is 0 Å². The zero-order chi connectivity index (χ0) is 26.1. The molecule has 2 atom stereocenters. The Bertz CT molecular complexity index is 1550. The van der Waals surface area contributed by atoms with Crippen LogP contribution >= 0.6 is 0 Å². The molecule has 1 amide bonds. The fourth-order valence-corrected chi connectivity index (χ4v) is 6.41. The Hall–Kier alpha value is -3.55. The summed E-state index contributed by atoms with van der Waals surface area (Å²) >= 11 is 0. The van der Waals surface area contributed by atoms with Crippen LogP contribution in [0.5, 0.6) is 11.5 Å². The first-order valence-electron chi connectivity index (χ1n) is 13.0. The van der Waals surface area contributed by atoms with Gasteiger partial charge in [0.05, 0.1) is 24.5 Å². The van der Waals surface area contributed by atoms with Gasteiger partial charge in [-0.15, -0.1) is 0 Å². The molecule has 0 spiro atoms. The Balaban J connectivity index is 1.33. The van der Waals surface area contributed by atoms with Gasteiger partial charge in [-0.05, 0) is 57.6 Å². The molecule has 1 fully saturated rings. The lowest BCUT2D eigenvalue weighted by Gasteiger charge is -2.42. The molecule has 5 heterocycles. The van der Waals surface area contributed by atoms with Crippen LogP contribution in [0.25, 0.3) is 11.0 Å². The van der Waals surface area contributed by atoms with Gasteiger partial charge in [0.25, 0.3) is 5.56 Å². The van der Waals surface area contributed by atoms with Crippen molar-refractivity contribution in [1.29, 1.82) is 0 Å². The molecule has 1 saturated heterocycles. The van der Waals surface area contributed by atoms with E-state index in [-0.39, 0.29) is 35.3 Å². The van der Waals surface area contributed by atoms with Crippen molar-refractivity contribution in [3.05, 3.63) is 67.4 Å². The first-order valence-corrected chi connectivity index (χ1v) is 13.0. The first kappa shape index (κ1) is 23.8. The number of aryl methyl sites for hydroxylation is 2. The molecule has 0 radical (unpaired) electrons. The van der Waals surface area contributed by atoms with Crippen LogP contribution in [0.3, 0.4) is 0 Å². The monoisotopic (exact) mass is 504 g/mol. The van der Waals surface area contributed by atoms with Crippen molar-refractivity contribution in [2.75, 3.05) is 20.2 Å². The zero-order valence-corrected chi connectivity index (χ0v) is 21.8. The number of piperidine rings is 1. The SMILES string of the molecule is COc1cc2c(c3oc(=O)c(CC(=O)N4C[C@@H]5C[C@@H](C4)c4cccc(=O)n4C5)c(C)c13)CCC(C)(C)O2. The fourth-order valence-electron chi connectivity index (χ4n) is 6.41. The van der Waals surface area contributed by atoms with Crippen LogP contribution in [-0.2, 0) is 24.2 Å². The zero-order valence-electron chi connectivity index (χ0n) is 21.8. The van der Waals surface area contributed by atoms with Gasteiger partial charge in [-0.2, -0.15) is 0 Å². The van der Waals surface area contributed by atoms with Gasteiger partial charge < -0.3 is 23.4 Å². The number of methoxy groups -OCH3 is 1. The number of aromatic nitrogens is 1. The predicted octanol–water partition coefficient (Wildman–Crippen LogP) is 3.56. The molecule has 0 unspecified atom stereocenters. The number of carbonyl (C=O) groups is 1. The molecule has 37 heavy (non-hydrogen) atoms. The molecule has 0 N–H and O–H groups in total. The van der Waals surface area contributed by atoms with Crippen LogP contribution in [0.1, 0.15) is 55.0 Å². The number of carbonyl (C=O) groups excluding carboxylic acids is 1. The summed E-state index contributed by atoms with van der Waals surface area (Å²) < 4.78 is 19.6. The molecule has 2 aromatic heterocycles. The number of ether oxygens (including phenoxy) is 2. The van der Waals surface area contributed by atoms with E-state index >= 15 is 0 Å². The molecule has 3 aliphatic rings. The Labute approximate surface area is 214 Å². The lowest BCUT2D eigenvalue weighted by molar-refractivity contribution is -0.133. The van der Waals surface area contributed by atoms with Crippen LogP contribution in [0.4, 0.5) is 0 Å². The lowest BCUT2D eigenvalue weighted by atomic mass is 9.83. The molecule has 0 aliphatic carbocycles. The molecule has 194 valence electrons. The minimum absolute atomic E-state index is 0.0153. The van der Waals surface area contributed by atoms with Crippen molar-refractivity contribution in [2.24, 2.45) is 5.92 Å². The van der Waals surface area contributed by atoms with Crippen LogP contribution in [0, 0.1) is 12.8 Å². The normalized spacial score (nSPS) is 21.7. The van der Waals surface area contributed by atoms with Crippen LogP contribution in [0.2, 0.25) is 0 Å². The molecule has 1 aromatic carbocycles. The second kappa shape index (κ2) is 8.50. The molecule has 3 aliphatic heterocycles. The minimum Gasteiger partial charge on any atom is -0.496 e. The van der Waals surface area contributed by atoms with Crippen molar-refractivity contribution in [2.45, 2.75) is 64.5 Å². The van der Waals surface area contributed by atoms with Gasteiger partial charge in [-0.1, -0.05) is 6.07 Å². The number of likely N-dealkylation sites (tertiary alicyclic amines) is 1. The highest BCUT2D eigenvalue weighted by Gasteiger charge is 2.37. The van der Waals surface area contributed by atoms with E-state index < -0.39 is 5.63 Å². The van der Waals surface area contributed by atoms with Gasteiger partial charge in [0, 0.05) is 48.9 Å². The van der Waals surface area contributed by atoms with Crippen molar-refractivity contribution < 1.29 is 18.7 Å². The molecule has 2 bridgehead atoms. The molecule has 8 heteroatoms. The highest BCUT2D eigenvalue weighted by molar-refractivity contribution is 5.93. The number of amides is 1. The van der Waals surface area contributed by atoms with Crippen molar-refractivity contribution in [3.8, 4) is 11.5 Å². The molecule has 6 rings (SSSR count). The number of hydrogen-bond acceptors (Lipinski definition) is 6. The number of rotatable bonds is 3. The second-order valence-electron chi connectivity index (χ2n) is 11.3. The quantitative estimate of drug-likeness (QED) is 0.507. The van der Waals surface area contributed by atoms with E-state index in [0.717, 1.165) is 35.9 Å². The first-order chi connectivity index (χ1) is 17.6. The maximum Gasteiger partial charge on any atom is 0.340 e. The largest absolute Gasteiger partial charge is 0.496 e. The van der Waals surface area contributed by atoms with E-state index in [4.69, 9.17) is 13.9 Å². The maximum atomic E-state index is 13.5. The summed E-state index contributed by atoms with van der Waals surface area (Å²) in [7, 11) is 1.58. The van der Waals surface area contributed by atoms with Crippen molar-refractivity contribution >= 4 is 16.9 Å². The van der Waals surface area contributed by atoms with E-state index in [1.807, 2.05) is 42.4 Å².